The molecule has 0 aromatic rings. The van der Waals surface area contributed by atoms with E-state index in [9.17, 15) is 20.1 Å². The minimum Gasteiger partial charge on any atom is -0.387 e. The Bertz CT molecular complexity index is 642. The molecule has 4 atom stereocenters. The van der Waals surface area contributed by atoms with E-state index in [1.807, 2.05) is 6.08 Å². The van der Waals surface area contributed by atoms with Crippen LogP contribution in [0.15, 0.2) is 35.5 Å². The minimum absolute atomic E-state index is 0.00517. The molecular formula is C21H30O4. The lowest BCUT2D eigenvalue weighted by Crippen LogP contribution is -2.45. The van der Waals surface area contributed by atoms with Crippen LogP contribution in [0.4, 0.5) is 0 Å². The molecule has 3 fully saturated rings. The van der Waals surface area contributed by atoms with Crippen molar-refractivity contribution in [1.29, 1.82) is 0 Å². The SMILES string of the molecule is C=C1CC(O)C(O)(O)CC1=CC=C1CCC[C@]2(C)[C@@H](C(C)=O)CC[C@@H]12. The first kappa shape index (κ1) is 18.6. The highest BCUT2D eigenvalue weighted by Crippen LogP contribution is 2.57. The highest BCUT2D eigenvalue weighted by molar-refractivity contribution is 5.79. The van der Waals surface area contributed by atoms with E-state index in [2.05, 4.69) is 19.6 Å². The molecule has 3 aliphatic carbocycles. The maximum absolute atomic E-state index is 12.0. The molecule has 0 aliphatic heterocycles. The van der Waals surface area contributed by atoms with Crippen molar-refractivity contribution >= 4 is 5.78 Å². The third-order valence-corrected chi connectivity index (χ3v) is 6.83. The number of rotatable bonds is 2. The highest BCUT2D eigenvalue weighted by Gasteiger charge is 2.50. The van der Waals surface area contributed by atoms with Crippen molar-refractivity contribution < 1.29 is 20.1 Å². The van der Waals surface area contributed by atoms with Gasteiger partial charge in [-0.2, -0.15) is 0 Å². The lowest BCUT2D eigenvalue weighted by atomic mass is 9.63. The average molecular weight is 346 g/mol. The van der Waals surface area contributed by atoms with E-state index in [4.69, 9.17) is 0 Å². The van der Waals surface area contributed by atoms with E-state index >= 15 is 0 Å². The quantitative estimate of drug-likeness (QED) is 0.672. The van der Waals surface area contributed by atoms with E-state index in [0.717, 1.165) is 43.3 Å². The van der Waals surface area contributed by atoms with Gasteiger partial charge in [-0.05, 0) is 61.5 Å². The summed E-state index contributed by atoms with van der Waals surface area (Å²) in [5, 5.41) is 29.6. The zero-order valence-corrected chi connectivity index (χ0v) is 15.3. The van der Waals surface area contributed by atoms with Crippen molar-refractivity contribution in [3.05, 3.63) is 35.5 Å². The van der Waals surface area contributed by atoms with Gasteiger partial charge in [-0.25, -0.2) is 0 Å². The van der Waals surface area contributed by atoms with Gasteiger partial charge in [0.25, 0.3) is 0 Å². The molecule has 3 aliphatic rings. The molecule has 3 saturated carbocycles. The molecule has 0 bridgehead atoms. The van der Waals surface area contributed by atoms with Gasteiger partial charge in [0.2, 0.25) is 0 Å². The average Bonchev–Trinajstić information content (AvgIpc) is 2.87. The number of Topliss-reactive ketones (excluding diaryl/α,β-unsaturated/α-hetero) is 1. The van der Waals surface area contributed by atoms with Crippen molar-refractivity contribution in [2.75, 3.05) is 0 Å². The van der Waals surface area contributed by atoms with Crippen LogP contribution < -0.4 is 0 Å². The van der Waals surface area contributed by atoms with Crippen LogP contribution in [0.1, 0.15) is 58.8 Å². The van der Waals surface area contributed by atoms with E-state index in [1.165, 1.54) is 5.57 Å². The summed E-state index contributed by atoms with van der Waals surface area (Å²) < 4.78 is 0. The fourth-order valence-corrected chi connectivity index (χ4v) is 5.34. The summed E-state index contributed by atoms with van der Waals surface area (Å²) >= 11 is 0. The summed E-state index contributed by atoms with van der Waals surface area (Å²) in [6, 6.07) is 0. The summed E-state index contributed by atoms with van der Waals surface area (Å²) in [7, 11) is 0. The van der Waals surface area contributed by atoms with Gasteiger partial charge in [0.05, 0.1) is 0 Å². The standard InChI is InChI=1S/C21H30O4/c1-13-11-19(23)21(24,25)12-16(13)7-6-15-5-4-10-20(3)17(14(2)22)8-9-18(15)20/h6-7,17-19,23-25H,1,4-5,8-12H2,2-3H3/t17-,18+,19?,20-/m1/s1. The number of carbonyl (C=O) groups excluding carboxylic acids is 1. The lowest BCUT2D eigenvalue weighted by Gasteiger charge is -2.41. The first-order valence-electron chi connectivity index (χ1n) is 9.36. The molecule has 3 rings (SSSR count). The van der Waals surface area contributed by atoms with Crippen LogP contribution in [0.2, 0.25) is 0 Å². The Morgan fingerprint density at radius 3 is 2.68 bits per heavy atom. The Morgan fingerprint density at radius 2 is 2.00 bits per heavy atom. The zero-order valence-electron chi connectivity index (χ0n) is 15.3. The van der Waals surface area contributed by atoms with Gasteiger partial charge in [-0.3, -0.25) is 4.79 Å². The minimum atomic E-state index is -2.08. The Morgan fingerprint density at radius 1 is 1.28 bits per heavy atom. The van der Waals surface area contributed by atoms with Crippen LogP contribution in [-0.4, -0.2) is 33.0 Å². The van der Waals surface area contributed by atoms with Crippen molar-refractivity contribution in [3.63, 3.8) is 0 Å². The molecule has 0 aromatic heterocycles. The Kier molecular flexibility index (Phi) is 4.82. The Hall–Kier alpha value is -1.23. The van der Waals surface area contributed by atoms with Crippen LogP contribution in [0.3, 0.4) is 0 Å². The summed E-state index contributed by atoms with van der Waals surface area (Å²) in [6.45, 7) is 7.95. The predicted molar refractivity (Wildman–Crippen MR) is 96.6 cm³/mol. The monoisotopic (exact) mass is 346 g/mol. The van der Waals surface area contributed by atoms with Gasteiger partial charge in [0.1, 0.15) is 11.9 Å². The second-order valence-electron chi connectivity index (χ2n) is 8.46. The normalized spacial score (nSPS) is 41.2. The van der Waals surface area contributed by atoms with E-state index < -0.39 is 11.9 Å². The highest BCUT2D eigenvalue weighted by atomic mass is 16.5. The molecule has 1 unspecified atom stereocenters. The third-order valence-electron chi connectivity index (χ3n) is 6.83. The zero-order chi connectivity index (χ0) is 18.4. The first-order chi connectivity index (χ1) is 11.6. The lowest BCUT2D eigenvalue weighted by molar-refractivity contribution is -0.227. The molecule has 4 heteroatoms. The van der Waals surface area contributed by atoms with E-state index in [1.54, 1.807) is 6.92 Å². The predicted octanol–water partition coefficient (Wildman–Crippen LogP) is 3.04. The summed E-state index contributed by atoms with van der Waals surface area (Å²) in [6.07, 6.45) is 8.29. The number of ketones is 1. The first-order valence-corrected chi connectivity index (χ1v) is 9.36. The fraction of sp³-hybridized carbons (Fsp3) is 0.667. The van der Waals surface area contributed by atoms with Crippen molar-refractivity contribution in [2.24, 2.45) is 17.3 Å². The fourth-order valence-electron chi connectivity index (χ4n) is 5.34. The Balaban J connectivity index is 1.84. The Labute approximate surface area is 149 Å². The van der Waals surface area contributed by atoms with Crippen LogP contribution in [-0.2, 0) is 4.79 Å². The van der Waals surface area contributed by atoms with Crippen molar-refractivity contribution in [1.82, 2.24) is 0 Å². The summed E-state index contributed by atoms with van der Waals surface area (Å²) in [5.74, 6) is -1.18. The van der Waals surface area contributed by atoms with E-state index in [0.29, 0.717) is 11.7 Å². The van der Waals surface area contributed by atoms with Crippen LogP contribution >= 0.6 is 0 Å². The maximum Gasteiger partial charge on any atom is 0.193 e. The van der Waals surface area contributed by atoms with Gasteiger partial charge in [-0.1, -0.05) is 31.2 Å². The molecule has 0 saturated heterocycles. The largest absolute Gasteiger partial charge is 0.387 e. The van der Waals surface area contributed by atoms with Gasteiger partial charge in [0.15, 0.2) is 5.79 Å². The number of hydrogen-bond acceptors (Lipinski definition) is 4. The van der Waals surface area contributed by atoms with E-state index in [-0.39, 0.29) is 24.2 Å². The number of aliphatic hydroxyl groups is 3. The number of allylic oxidation sites excluding steroid dienone is 3. The smallest absolute Gasteiger partial charge is 0.193 e. The molecular weight excluding hydrogens is 316 g/mol. The summed E-state index contributed by atoms with van der Waals surface area (Å²) in [5.41, 5.74) is 2.97. The molecule has 3 N–H and O–H groups in total. The molecule has 4 nitrogen and oxygen atoms in total. The van der Waals surface area contributed by atoms with Gasteiger partial charge < -0.3 is 15.3 Å². The molecule has 0 radical (unpaired) electrons. The third kappa shape index (κ3) is 3.27. The van der Waals surface area contributed by atoms with Gasteiger partial charge in [-0.15, -0.1) is 0 Å². The number of carbonyl (C=O) groups is 1. The topological polar surface area (TPSA) is 77.8 Å². The van der Waals surface area contributed by atoms with Crippen molar-refractivity contribution in [3.8, 4) is 0 Å². The second kappa shape index (κ2) is 6.49. The number of fused-ring (bicyclic) bond motifs is 1. The van der Waals surface area contributed by atoms with Crippen LogP contribution in [0.5, 0.6) is 0 Å². The molecule has 0 aromatic carbocycles. The molecule has 0 amide bonds. The molecule has 138 valence electrons. The molecule has 25 heavy (non-hydrogen) atoms. The summed E-state index contributed by atoms with van der Waals surface area (Å²) in [4.78, 5) is 12.0. The van der Waals surface area contributed by atoms with Gasteiger partial charge >= 0.3 is 0 Å². The van der Waals surface area contributed by atoms with Crippen molar-refractivity contribution in [2.45, 2.75) is 70.7 Å². The van der Waals surface area contributed by atoms with Crippen LogP contribution in [0.25, 0.3) is 0 Å². The van der Waals surface area contributed by atoms with Gasteiger partial charge in [0, 0.05) is 18.8 Å². The molecule has 0 heterocycles. The number of aliphatic hydroxyl groups excluding tert-OH is 1. The maximum atomic E-state index is 12.0. The number of hydrogen-bond donors (Lipinski definition) is 3. The molecule has 0 spiro atoms. The van der Waals surface area contributed by atoms with Crippen LogP contribution in [0, 0.1) is 17.3 Å². The second-order valence-corrected chi connectivity index (χ2v) is 8.46.